The minimum atomic E-state index is -3.13. The minimum absolute atomic E-state index is 0.0556. The highest BCUT2D eigenvalue weighted by Gasteiger charge is 2.08. The summed E-state index contributed by atoms with van der Waals surface area (Å²) >= 11 is 0. The predicted octanol–water partition coefficient (Wildman–Crippen LogP) is -0.858. The van der Waals surface area contributed by atoms with Gasteiger partial charge in [-0.05, 0) is 6.92 Å². The molecule has 0 bridgehead atoms. The van der Waals surface area contributed by atoms with Gasteiger partial charge in [-0.3, -0.25) is 5.84 Å². The third-order valence-corrected chi connectivity index (χ3v) is 2.41. The van der Waals surface area contributed by atoms with Crippen LogP contribution in [0.3, 0.4) is 0 Å². The van der Waals surface area contributed by atoms with Crippen LogP contribution in [-0.2, 0) is 10.0 Å². The molecule has 50 valence electrons. The van der Waals surface area contributed by atoms with Gasteiger partial charge in [-0.15, -0.1) is 4.41 Å². The zero-order valence-corrected chi connectivity index (χ0v) is 5.77. The van der Waals surface area contributed by atoms with Gasteiger partial charge in [0.2, 0.25) is 10.0 Å². The lowest BCUT2D eigenvalue weighted by Crippen LogP contribution is -2.34. The van der Waals surface area contributed by atoms with E-state index in [1.54, 1.807) is 6.92 Å². The molecule has 0 aromatic rings. The Morgan fingerprint density at radius 2 is 2.00 bits per heavy atom. The average molecular weight is 138 g/mol. The maximum absolute atomic E-state index is 10.5. The van der Waals surface area contributed by atoms with Crippen LogP contribution in [0, 0.1) is 0 Å². The van der Waals surface area contributed by atoms with E-state index in [1.807, 2.05) is 0 Å². The number of hydrogen-bond acceptors (Lipinski definition) is 3. The first-order valence-electron chi connectivity index (χ1n) is 2.22. The van der Waals surface area contributed by atoms with Gasteiger partial charge in [-0.2, -0.15) is 0 Å². The summed E-state index contributed by atoms with van der Waals surface area (Å²) in [4.78, 5) is 0. The van der Waals surface area contributed by atoms with Gasteiger partial charge in [0.1, 0.15) is 0 Å². The fraction of sp³-hybridized carbons (Fsp3) is 1.00. The lowest BCUT2D eigenvalue weighted by molar-refractivity contribution is 0.488. The van der Waals surface area contributed by atoms with Crippen molar-refractivity contribution in [2.24, 2.45) is 5.84 Å². The molecule has 2 N–H and O–H groups in total. The normalized spacial score (nSPS) is 12.5. The van der Waals surface area contributed by atoms with Gasteiger partial charge in [0.25, 0.3) is 0 Å². The Bertz CT molecular complexity index is 149. The van der Waals surface area contributed by atoms with Crippen molar-refractivity contribution in [3.05, 3.63) is 0 Å². The molecule has 5 heteroatoms. The van der Waals surface area contributed by atoms with Crippen molar-refractivity contribution in [1.82, 2.24) is 4.41 Å². The minimum Gasteiger partial charge on any atom is -0.255 e. The fourth-order valence-electron chi connectivity index (χ4n) is 0.204. The fourth-order valence-corrected chi connectivity index (χ4v) is 0.611. The van der Waals surface area contributed by atoms with E-state index in [0.29, 0.717) is 4.41 Å². The molecule has 4 nitrogen and oxygen atoms in total. The van der Waals surface area contributed by atoms with E-state index in [2.05, 4.69) is 0 Å². The molecular weight excluding hydrogens is 128 g/mol. The summed E-state index contributed by atoms with van der Waals surface area (Å²) in [6, 6.07) is 0. The second kappa shape index (κ2) is 2.43. The molecule has 0 aliphatic heterocycles. The van der Waals surface area contributed by atoms with E-state index in [0.717, 1.165) is 0 Å². The van der Waals surface area contributed by atoms with Crippen LogP contribution in [0.25, 0.3) is 0 Å². The van der Waals surface area contributed by atoms with Crippen molar-refractivity contribution in [2.75, 3.05) is 12.8 Å². The number of rotatable bonds is 2. The average Bonchev–Trinajstić information content (AvgIpc) is 1.67. The molecule has 0 amide bonds. The number of nitrogens with zero attached hydrogens (tertiary/aromatic N) is 1. The third-order valence-electron chi connectivity index (χ3n) is 0.804. The first-order valence-corrected chi connectivity index (χ1v) is 3.83. The third kappa shape index (κ3) is 1.77. The van der Waals surface area contributed by atoms with Crippen LogP contribution in [0.2, 0.25) is 0 Å². The topological polar surface area (TPSA) is 63.4 Å². The smallest absolute Gasteiger partial charge is 0.226 e. The summed E-state index contributed by atoms with van der Waals surface area (Å²) in [5, 5.41) is 0. The van der Waals surface area contributed by atoms with Crippen LogP contribution in [0.5, 0.6) is 0 Å². The first kappa shape index (κ1) is 7.87. The van der Waals surface area contributed by atoms with Crippen LogP contribution < -0.4 is 5.84 Å². The van der Waals surface area contributed by atoms with Crippen molar-refractivity contribution in [3.63, 3.8) is 0 Å². The summed E-state index contributed by atoms with van der Waals surface area (Å²) in [7, 11) is -1.82. The molecule has 0 aliphatic carbocycles. The number of nitrogens with two attached hydrogens (primary N) is 1. The van der Waals surface area contributed by atoms with Gasteiger partial charge in [0, 0.05) is 7.05 Å². The van der Waals surface area contributed by atoms with E-state index in [1.165, 1.54) is 7.05 Å². The zero-order chi connectivity index (χ0) is 6.78. The molecule has 0 aromatic carbocycles. The largest absolute Gasteiger partial charge is 0.255 e. The highest BCUT2D eigenvalue weighted by atomic mass is 32.2. The summed E-state index contributed by atoms with van der Waals surface area (Å²) in [6.07, 6.45) is 0. The summed E-state index contributed by atoms with van der Waals surface area (Å²) in [6.45, 7) is 1.54. The van der Waals surface area contributed by atoms with E-state index in [9.17, 15) is 8.42 Å². The molecule has 0 rings (SSSR count). The molecule has 0 spiro atoms. The van der Waals surface area contributed by atoms with Gasteiger partial charge >= 0.3 is 0 Å². The molecule has 0 unspecified atom stereocenters. The maximum atomic E-state index is 10.5. The number of hydrogen-bond donors (Lipinski definition) is 1. The van der Waals surface area contributed by atoms with Crippen LogP contribution in [0.1, 0.15) is 6.92 Å². The lowest BCUT2D eigenvalue weighted by Gasteiger charge is -2.06. The van der Waals surface area contributed by atoms with Gasteiger partial charge in [0.15, 0.2) is 0 Å². The molecular formula is C3H10N2O2S. The van der Waals surface area contributed by atoms with Gasteiger partial charge in [-0.25, -0.2) is 8.42 Å². The van der Waals surface area contributed by atoms with Crippen LogP contribution in [-0.4, -0.2) is 25.6 Å². The molecule has 0 fully saturated rings. The van der Waals surface area contributed by atoms with Crippen LogP contribution >= 0.6 is 0 Å². The van der Waals surface area contributed by atoms with Crippen molar-refractivity contribution < 1.29 is 8.42 Å². The van der Waals surface area contributed by atoms with E-state index in [4.69, 9.17) is 5.84 Å². The Morgan fingerprint density at radius 1 is 1.62 bits per heavy atom. The van der Waals surface area contributed by atoms with Gasteiger partial charge in [-0.1, -0.05) is 0 Å². The molecule has 0 aliphatic rings. The van der Waals surface area contributed by atoms with E-state index >= 15 is 0 Å². The number of sulfonamides is 1. The molecule has 0 heterocycles. The second-order valence-corrected chi connectivity index (χ2v) is 3.73. The Kier molecular flexibility index (Phi) is 2.39. The van der Waals surface area contributed by atoms with Crippen molar-refractivity contribution in [1.29, 1.82) is 0 Å². The van der Waals surface area contributed by atoms with Crippen molar-refractivity contribution >= 4 is 10.0 Å². The Labute approximate surface area is 49.3 Å². The summed E-state index contributed by atoms with van der Waals surface area (Å²) in [5.74, 6) is 4.98. The molecule has 0 saturated carbocycles. The van der Waals surface area contributed by atoms with Crippen LogP contribution in [0.15, 0.2) is 0 Å². The highest BCUT2D eigenvalue weighted by molar-refractivity contribution is 7.88. The number of hydrazine groups is 1. The molecule has 0 saturated heterocycles. The standard InChI is InChI=1S/C3H10N2O2S/c1-3-8(6,7)5(2)4/h3-4H2,1-2H3. The Hall–Kier alpha value is -0.130. The Balaban J connectivity index is 4.17. The Morgan fingerprint density at radius 3 is 2.00 bits per heavy atom. The van der Waals surface area contributed by atoms with Crippen molar-refractivity contribution in [3.8, 4) is 0 Å². The summed E-state index contributed by atoms with van der Waals surface area (Å²) < 4.78 is 21.7. The highest BCUT2D eigenvalue weighted by Crippen LogP contribution is 1.87. The van der Waals surface area contributed by atoms with Gasteiger partial charge < -0.3 is 0 Å². The van der Waals surface area contributed by atoms with Gasteiger partial charge in [0.05, 0.1) is 5.75 Å². The zero-order valence-electron chi connectivity index (χ0n) is 4.96. The monoisotopic (exact) mass is 138 g/mol. The second-order valence-electron chi connectivity index (χ2n) is 1.42. The molecule has 0 atom stereocenters. The van der Waals surface area contributed by atoms with E-state index < -0.39 is 10.0 Å². The first-order chi connectivity index (χ1) is 3.50. The molecule has 0 radical (unpaired) electrons. The SMILES string of the molecule is CCS(=O)(=O)N(C)N. The quantitative estimate of drug-likeness (QED) is 0.399. The molecule has 0 aromatic heterocycles. The van der Waals surface area contributed by atoms with E-state index in [-0.39, 0.29) is 5.75 Å². The van der Waals surface area contributed by atoms with Crippen molar-refractivity contribution in [2.45, 2.75) is 6.92 Å². The predicted molar refractivity (Wildman–Crippen MR) is 31.4 cm³/mol. The molecule has 8 heavy (non-hydrogen) atoms. The maximum Gasteiger partial charge on any atom is 0.226 e. The lowest BCUT2D eigenvalue weighted by atomic mass is 11.0. The van der Waals surface area contributed by atoms with Crippen LogP contribution in [0.4, 0.5) is 0 Å². The summed E-state index contributed by atoms with van der Waals surface area (Å²) in [5.41, 5.74) is 0.